The normalized spacial score (nSPS) is 25.8. The van der Waals surface area contributed by atoms with Crippen LogP contribution < -0.4 is 5.73 Å². The van der Waals surface area contributed by atoms with E-state index in [1.807, 2.05) is 4.90 Å². The molecular formula is C11H17N3O2. The number of likely N-dealkylation sites (tertiary alicyclic amines) is 1. The molecule has 0 spiro atoms. The van der Waals surface area contributed by atoms with E-state index < -0.39 is 0 Å². The Morgan fingerprint density at radius 2 is 2.56 bits per heavy atom. The van der Waals surface area contributed by atoms with Gasteiger partial charge in [-0.25, -0.2) is 0 Å². The molecule has 1 aromatic rings. The number of nitrogens with zero attached hydrogens (tertiary/aromatic N) is 2. The maximum Gasteiger partial charge on any atom is 0.276 e. The number of nitrogens with two attached hydrogens (primary N) is 1. The van der Waals surface area contributed by atoms with Crippen LogP contribution in [0, 0.1) is 5.92 Å². The van der Waals surface area contributed by atoms with Gasteiger partial charge in [-0.2, -0.15) is 0 Å². The van der Waals surface area contributed by atoms with Crippen molar-refractivity contribution in [3.8, 4) is 0 Å². The van der Waals surface area contributed by atoms with Crippen LogP contribution in [0.2, 0.25) is 0 Å². The van der Waals surface area contributed by atoms with E-state index in [0.717, 1.165) is 19.4 Å². The van der Waals surface area contributed by atoms with Crippen LogP contribution >= 0.6 is 0 Å². The smallest absolute Gasteiger partial charge is 0.276 e. The molecule has 5 nitrogen and oxygen atoms in total. The van der Waals surface area contributed by atoms with Gasteiger partial charge in [0.2, 0.25) is 0 Å². The van der Waals surface area contributed by atoms with Crippen molar-refractivity contribution in [3.63, 3.8) is 0 Å². The zero-order valence-electron chi connectivity index (χ0n) is 9.43. The molecule has 1 aliphatic rings. The molecule has 1 saturated heterocycles. The molecular weight excluding hydrogens is 206 g/mol. The van der Waals surface area contributed by atoms with E-state index in [4.69, 9.17) is 10.3 Å². The van der Waals surface area contributed by atoms with Crippen LogP contribution in [0.3, 0.4) is 0 Å². The standard InChI is InChI=1S/C11H17N3O2/c1-8-3-2-5-14(10(8)7-12)11(15)9-4-6-16-13-9/h4,6,8,10H,2-3,5,7,12H2,1H3. The molecule has 2 rings (SSSR count). The van der Waals surface area contributed by atoms with Crippen LogP contribution in [-0.4, -0.2) is 35.1 Å². The van der Waals surface area contributed by atoms with Gasteiger partial charge >= 0.3 is 0 Å². The fraction of sp³-hybridized carbons (Fsp3) is 0.636. The van der Waals surface area contributed by atoms with E-state index in [-0.39, 0.29) is 11.9 Å². The van der Waals surface area contributed by atoms with Crippen molar-refractivity contribution in [1.29, 1.82) is 0 Å². The highest BCUT2D eigenvalue weighted by atomic mass is 16.5. The predicted octanol–water partition coefficient (Wildman–Crippen LogP) is 0.874. The monoisotopic (exact) mass is 223 g/mol. The van der Waals surface area contributed by atoms with Gasteiger partial charge in [0.05, 0.1) is 0 Å². The molecule has 1 aromatic heterocycles. The summed E-state index contributed by atoms with van der Waals surface area (Å²) in [4.78, 5) is 13.9. The minimum Gasteiger partial charge on any atom is -0.364 e. The van der Waals surface area contributed by atoms with Gasteiger partial charge in [0.25, 0.3) is 5.91 Å². The Bertz CT molecular complexity index is 350. The van der Waals surface area contributed by atoms with Crippen LogP contribution in [0.5, 0.6) is 0 Å². The molecule has 0 bridgehead atoms. The SMILES string of the molecule is CC1CCCN(C(=O)c2ccon2)C1CN. The molecule has 1 aliphatic heterocycles. The summed E-state index contributed by atoms with van der Waals surface area (Å²) in [6.45, 7) is 3.41. The fourth-order valence-corrected chi connectivity index (χ4v) is 2.33. The first-order chi connectivity index (χ1) is 7.74. The quantitative estimate of drug-likeness (QED) is 0.807. The maximum atomic E-state index is 12.1. The number of hydrogen-bond donors (Lipinski definition) is 1. The van der Waals surface area contributed by atoms with Crippen molar-refractivity contribution in [2.75, 3.05) is 13.1 Å². The lowest BCUT2D eigenvalue weighted by Crippen LogP contribution is -2.51. The molecule has 2 unspecified atom stereocenters. The third-order valence-electron chi connectivity index (χ3n) is 3.27. The average molecular weight is 223 g/mol. The Morgan fingerprint density at radius 1 is 1.75 bits per heavy atom. The minimum atomic E-state index is -0.0734. The lowest BCUT2D eigenvalue weighted by Gasteiger charge is -2.39. The lowest BCUT2D eigenvalue weighted by atomic mass is 9.90. The molecule has 1 amide bonds. The molecule has 0 radical (unpaired) electrons. The van der Waals surface area contributed by atoms with E-state index in [9.17, 15) is 4.79 Å². The van der Waals surface area contributed by atoms with E-state index in [2.05, 4.69) is 12.1 Å². The van der Waals surface area contributed by atoms with Gasteiger partial charge in [-0.1, -0.05) is 12.1 Å². The second-order valence-electron chi connectivity index (χ2n) is 4.31. The van der Waals surface area contributed by atoms with Crippen LogP contribution in [0.15, 0.2) is 16.9 Å². The maximum absolute atomic E-state index is 12.1. The van der Waals surface area contributed by atoms with Crippen molar-refractivity contribution in [1.82, 2.24) is 10.1 Å². The van der Waals surface area contributed by atoms with Crippen LogP contribution in [0.4, 0.5) is 0 Å². The van der Waals surface area contributed by atoms with Crippen LogP contribution in [0.25, 0.3) is 0 Å². The van der Waals surface area contributed by atoms with Gasteiger partial charge in [-0.15, -0.1) is 0 Å². The summed E-state index contributed by atoms with van der Waals surface area (Å²) in [6, 6.07) is 1.72. The number of carbonyl (C=O) groups is 1. The molecule has 88 valence electrons. The molecule has 5 heteroatoms. The summed E-state index contributed by atoms with van der Waals surface area (Å²) in [7, 11) is 0. The summed E-state index contributed by atoms with van der Waals surface area (Å²) < 4.78 is 4.69. The van der Waals surface area contributed by atoms with Crippen molar-refractivity contribution in [3.05, 3.63) is 18.0 Å². The topological polar surface area (TPSA) is 72.4 Å². The van der Waals surface area contributed by atoms with Crippen LogP contribution in [-0.2, 0) is 0 Å². The van der Waals surface area contributed by atoms with E-state index >= 15 is 0 Å². The van der Waals surface area contributed by atoms with Crippen molar-refractivity contribution in [2.45, 2.75) is 25.8 Å². The Balaban J connectivity index is 2.15. The van der Waals surface area contributed by atoms with E-state index in [1.165, 1.54) is 6.26 Å². The molecule has 0 saturated carbocycles. The molecule has 0 aromatic carbocycles. The zero-order valence-corrected chi connectivity index (χ0v) is 9.43. The van der Waals surface area contributed by atoms with Gasteiger partial charge < -0.3 is 15.2 Å². The Labute approximate surface area is 94.6 Å². The highest BCUT2D eigenvalue weighted by Crippen LogP contribution is 2.23. The van der Waals surface area contributed by atoms with E-state index in [0.29, 0.717) is 18.2 Å². The number of hydrogen-bond acceptors (Lipinski definition) is 4. The fourth-order valence-electron chi connectivity index (χ4n) is 2.33. The molecule has 0 aliphatic carbocycles. The molecule has 2 N–H and O–H groups in total. The number of amides is 1. The summed E-state index contributed by atoms with van der Waals surface area (Å²) in [6.07, 6.45) is 3.57. The second kappa shape index (κ2) is 4.65. The molecule has 2 atom stereocenters. The third kappa shape index (κ3) is 1.95. The highest BCUT2D eigenvalue weighted by molar-refractivity contribution is 5.92. The predicted molar refractivity (Wildman–Crippen MR) is 58.8 cm³/mol. The minimum absolute atomic E-state index is 0.0734. The second-order valence-corrected chi connectivity index (χ2v) is 4.31. The Morgan fingerprint density at radius 3 is 3.19 bits per heavy atom. The van der Waals surface area contributed by atoms with Gasteiger partial charge in [-0.3, -0.25) is 4.79 Å². The first-order valence-electron chi connectivity index (χ1n) is 5.65. The number of aromatic nitrogens is 1. The first-order valence-corrected chi connectivity index (χ1v) is 5.65. The molecule has 2 heterocycles. The third-order valence-corrected chi connectivity index (χ3v) is 3.27. The van der Waals surface area contributed by atoms with E-state index in [1.54, 1.807) is 6.07 Å². The van der Waals surface area contributed by atoms with Crippen molar-refractivity contribution in [2.24, 2.45) is 11.7 Å². The highest BCUT2D eigenvalue weighted by Gasteiger charge is 2.32. The van der Waals surface area contributed by atoms with Crippen molar-refractivity contribution < 1.29 is 9.32 Å². The summed E-state index contributed by atoms with van der Waals surface area (Å²) in [5, 5.41) is 3.68. The molecule has 1 fully saturated rings. The Kier molecular flexibility index (Phi) is 3.24. The average Bonchev–Trinajstić information content (AvgIpc) is 2.81. The molecule has 16 heavy (non-hydrogen) atoms. The Hall–Kier alpha value is -1.36. The van der Waals surface area contributed by atoms with Crippen LogP contribution in [0.1, 0.15) is 30.3 Å². The van der Waals surface area contributed by atoms with Gasteiger partial charge in [-0.05, 0) is 18.8 Å². The summed E-state index contributed by atoms with van der Waals surface area (Å²) >= 11 is 0. The van der Waals surface area contributed by atoms with Gasteiger partial charge in [0.1, 0.15) is 6.26 Å². The number of rotatable bonds is 2. The first kappa shape index (κ1) is 11.1. The van der Waals surface area contributed by atoms with Gasteiger partial charge in [0, 0.05) is 25.2 Å². The number of carbonyl (C=O) groups excluding carboxylic acids is 1. The zero-order chi connectivity index (χ0) is 11.5. The summed E-state index contributed by atoms with van der Waals surface area (Å²) in [5.41, 5.74) is 6.11. The van der Waals surface area contributed by atoms with Crippen molar-refractivity contribution >= 4 is 5.91 Å². The summed E-state index contributed by atoms with van der Waals surface area (Å²) in [5.74, 6) is 0.380. The number of piperidine rings is 1. The van der Waals surface area contributed by atoms with Gasteiger partial charge in [0.15, 0.2) is 5.69 Å². The largest absolute Gasteiger partial charge is 0.364 e. The lowest BCUT2D eigenvalue weighted by molar-refractivity contribution is 0.0522.